The van der Waals surface area contributed by atoms with Crippen molar-refractivity contribution >= 4 is 21.8 Å². The highest BCUT2D eigenvalue weighted by molar-refractivity contribution is 7.90. The summed E-state index contributed by atoms with van der Waals surface area (Å²) in [7, 11) is -1.48. The first-order chi connectivity index (χ1) is 12.1. The van der Waals surface area contributed by atoms with E-state index >= 15 is 0 Å². The van der Waals surface area contributed by atoms with Crippen LogP contribution in [-0.4, -0.2) is 32.5 Å². The van der Waals surface area contributed by atoms with Crippen LogP contribution in [0.25, 0.3) is 6.08 Å². The van der Waals surface area contributed by atoms with Gasteiger partial charge in [-0.1, -0.05) is 35.9 Å². The summed E-state index contributed by atoms with van der Waals surface area (Å²) in [5.41, 5.74) is 4.21. The monoisotopic (exact) mass is 371 g/mol. The highest BCUT2D eigenvalue weighted by Gasteiger charge is 2.16. The van der Waals surface area contributed by atoms with Gasteiger partial charge in [-0.25, -0.2) is 8.42 Å². The van der Waals surface area contributed by atoms with Gasteiger partial charge in [0.15, 0.2) is 9.84 Å². The molecule has 0 bridgehead atoms. The number of hydrogen-bond acceptors (Lipinski definition) is 3. The minimum Gasteiger partial charge on any atom is -0.335 e. The number of nitrogens with zero attached hydrogens (tertiary/aromatic N) is 1. The number of benzene rings is 2. The highest BCUT2D eigenvalue weighted by atomic mass is 32.2. The average molecular weight is 372 g/mol. The lowest BCUT2D eigenvalue weighted by atomic mass is 10.0. The van der Waals surface area contributed by atoms with Gasteiger partial charge in [-0.05, 0) is 55.7 Å². The van der Waals surface area contributed by atoms with E-state index in [1.807, 2.05) is 39.0 Å². The summed E-state index contributed by atoms with van der Waals surface area (Å²) in [5, 5.41) is 0. The van der Waals surface area contributed by atoms with Gasteiger partial charge in [0.1, 0.15) is 0 Å². The van der Waals surface area contributed by atoms with Crippen LogP contribution in [0, 0.1) is 13.8 Å². The van der Waals surface area contributed by atoms with Crippen molar-refractivity contribution in [2.24, 2.45) is 0 Å². The molecule has 138 valence electrons. The third-order valence-electron chi connectivity index (χ3n) is 4.55. The molecule has 0 aliphatic rings. The van der Waals surface area contributed by atoms with Crippen LogP contribution in [0.3, 0.4) is 0 Å². The number of carbonyl (C=O) groups is 1. The van der Waals surface area contributed by atoms with Crippen molar-refractivity contribution in [1.29, 1.82) is 0 Å². The molecule has 1 unspecified atom stereocenters. The molecule has 0 aliphatic heterocycles. The zero-order valence-corrected chi connectivity index (χ0v) is 16.7. The average Bonchev–Trinajstić information content (AvgIpc) is 2.58. The normalized spacial score (nSPS) is 13.0. The Bertz CT molecular complexity index is 928. The van der Waals surface area contributed by atoms with Crippen molar-refractivity contribution in [3.05, 3.63) is 70.8 Å². The van der Waals surface area contributed by atoms with Crippen LogP contribution in [-0.2, 0) is 14.6 Å². The molecule has 0 aliphatic carbocycles. The van der Waals surface area contributed by atoms with Gasteiger partial charge < -0.3 is 4.90 Å². The number of amides is 1. The Hall–Kier alpha value is -2.40. The van der Waals surface area contributed by atoms with Crippen LogP contribution in [0.5, 0.6) is 0 Å². The molecule has 2 rings (SSSR count). The van der Waals surface area contributed by atoms with Crippen LogP contribution >= 0.6 is 0 Å². The molecule has 4 nitrogen and oxygen atoms in total. The maximum atomic E-state index is 12.5. The second-order valence-electron chi connectivity index (χ2n) is 6.66. The molecule has 0 heterocycles. The van der Waals surface area contributed by atoms with E-state index in [2.05, 4.69) is 6.07 Å². The van der Waals surface area contributed by atoms with E-state index in [0.717, 1.165) is 16.7 Å². The van der Waals surface area contributed by atoms with Gasteiger partial charge in [-0.3, -0.25) is 4.79 Å². The summed E-state index contributed by atoms with van der Waals surface area (Å²) in [6, 6.07) is 12.6. The minimum absolute atomic E-state index is 0.107. The fourth-order valence-corrected chi connectivity index (χ4v) is 3.33. The molecule has 0 spiro atoms. The van der Waals surface area contributed by atoms with Crippen molar-refractivity contribution in [2.45, 2.75) is 31.7 Å². The van der Waals surface area contributed by atoms with Crippen molar-refractivity contribution in [3.63, 3.8) is 0 Å². The van der Waals surface area contributed by atoms with Gasteiger partial charge in [0.25, 0.3) is 0 Å². The van der Waals surface area contributed by atoms with Crippen LogP contribution in [0.4, 0.5) is 0 Å². The Balaban J connectivity index is 2.12. The maximum Gasteiger partial charge on any atom is 0.246 e. The summed E-state index contributed by atoms with van der Waals surface area (Å²) < 4.78 is 23.1. The smallest absolute Gasteiger partial charge is 0.246 e. The molecule has 1 atom stereocenters. The van der Waals surface area contributed by atoms with E-state index in [-0.39, 0.29) is 16.8 Å². The van der Waals surface area contributed by atoms with Crippen LogP contribution < -0.4 is 0 Å². The summed E-state index contributed by atoms with van der Waals surface area (Å²) >= 11 is 0. The number of carbonyl (C=O) groups excluding carboxylic acids is 1. The Morgan fingerprint density at radius 1 is 1.08 bits per heavy atom. The summed E-state index contributed by atoms with van der Waals surface area (Å²) in [6.07, 6.45) is 4.57. The molecule has 1 amide bonds. The lowest BCUT2D eigenvalue weighted by Gasteiger charge is -2.24. The first-order valence-corrected chi connectivity index (χ1v) is 10.3. The maximum absolute atomic E-state index is 12.5. The second-order valence-corrected chi connectivity index (χ2v) is 8.68. The molecule has 0 saturated carbocycles. The Kier molecular flexibility index (Phi) is 6.03. The van der Waals surface area contributed by atoms with E-state index in [4.69, 9.17) is 0 Å². The zero-order valence-electron chi connectivity index (χ0n) is 15.9. The number of rotatable bonds is 5. The molecule has 0 saturated heterocycles. The summed E-state index contributed by atoms with van der Waals surface area (Å²) in [6.45, 7) is 5.97. The largest absolute Gasteiger partial charge is 0.335 e. The zero-order chi connectivity index (χ0) is 19.5. The third-order valence-corrected chi connectivity index (χ3v) is 5.68. The van der Waals surface area contributed by atoms with Crippen LogP contribution in [0.1, 0.15) is 35.2 Å². The van der Waals surface area contributed by atoms with Crippen molar-refractivity contribution in [2.75, 3.05) is 13.3 Å². The van der Waals surface area contributed by atoms with E-state index in [0.29, 0.717) is 0 Å². The minimum atomic E-state index is -3.22. The molecule has 0 fully saturated rings. The molecular formula is C21H25NO3S. The molecule has 26 heavy (non-hydrogen) atoms. The molecule has 2 aromatic carbocycles. The van der Waals surface area contributed by atoms with Crippen LogP contribution in [0.2, 0.25) is 0 Å². The Labute approximate surface area is 156 Å². The predicted molar refractivity (Wildman–Crippen MR) is 106 cm³/mol. The summed E-state index contributed by atoms with van der Waals surface area (Å²) in [5.74, 6) is -0.107. The van der Waals surface area contributed by atoms with Gasteiger partial charge >= 0.3 is 0 Å². The number of sulfone groups is 1. The molecule has 0 aromatic heterocycles. The lowest BCUT2D eigenvalue weighted by molar-refractivity contribution is -0.126. The van der Waals surface area contributed by atoms with E-state index in [1.54, 1.807) is 42.3 Å². The third kappa shape index (κ3) is 4.82. The van der Waals surface area contributed by atoms with Crippen molar-refractivity contribution in [1.82, 2.24) is 4.90 Å². The topological polar surface area (TPSA) is 54.5 Å². The van der Waals surface area contributed by atoms with Crippen molar-refractivity contribution in [3.8, 4) is 0 Å². The second kappa shape index (κ2) is 7.87. The number of hydrogen-bond donors (Lipinski definition) is 0. The van der Waals surface area contributed by atoms with Crippen LogP contribution in [0.15, 0.2) is 53.4 Å². The Morgan fingerprint density at radius 3 is 2.23 bits per heavy atom. The van der Waals surface area contributed by atoms with Gasteiger partial charge in [-0.2, -0.15) is 0 Å². The van der Waals surface area contributed by atoms with E-state index < -0.39 is 9.84 Å². The molecule has 0 radical (unpaired) electrons. The van der Waals surface area contributed by atoms with E-state index in [1.165, 1.54) is 11.8 Å². The van der Waals surface area contributed by atoms with E-state index in [9.17, 15) is 13.2 Å². The van der Waals surface area contributed by atoms with Crippen molar-refractivity contribution < 1.29 is 13.2 Å². The fourth-order valence-electron chi connectivity index (χ4n) is 2.70. The standard InChI is InChI=1S/C21H25NO3S/c1-15-6-7-18(16(2)14-15)10-13-21(23)22(4)17(3)19-8-11-20(12-9-19)26(5,24)25/h6-14,17H,1-5H3/b13-10+. The fraction of sp³-hybridized carbons (Fsp3) is 0.286. The van der Waals surface area contributed by atoms with Gasteiger partial charge in [-0.15, -0.1) is 0 Å². The number of aryl methyl sites for hydroxylation is 2. The quantitative estimate of drug-likeness (QED) is 0.748. The van der Waals surface area contributed by atoms with Gasteiger partial charge in [0, 0.05) is 19.4 Å². The Morgan fingerprint density at radius 2 is 1.69 bits per heavy atom. The molecular weight excluding hydrogens is 346 g/mol. The van der Waals surface area contributed by atoms with Gasteiger partial charge in [0.05, 0.1) is 10.9 Å². The lowest BCUT2D eigenvalue weighted by Crippen LogP contribution is -2.28. The molecule has 0 N–H and O–H groups in total. The first kappa shape index (κ1) is 19.9. The summed E-state index contributed by atoms with van der Waals surface area (Å²) in [4.78, 5) is 14.4. The van der Waals surface area contributed by atoms with Gasteiger partial charge in [0.2, 0.25) is 5.91 Å². The number of likely N-dealkylation sites (N-methyl/N-ethyl adjacent to an activating group) is 1. The highest BCUT2D eigenvalue weighted by Crippen LogP contribution is 2.21. The first-order valence-electron chi connectivity index (χ1n) is 8.41. The SMILES string of the molecule is Cc1ccc(/C=C/C(=O)N(C)C(C)c2ccc(S(C)(=O)=O)cc2)c(C)c1. The molecule has 5 heteroatoms. The predicted octanol–water partition coefficient (Wildman–Crippen LogP) is 3.94. The molecule has 2 aromatic rings.